The standard InChI is InChI=1S/C10H6Br2N4O2S/c11-7-1-2-8(12)9(3-7)19(17,18)16-10-6(4-13)5-14-15-10/h1-3,5H,(H2,14,15,16). The average molecular weight is 406 g/mol. The summed E-state index contributed by atoms with van der Waals surface area (Å²) in [7, 11) is -3.82. The second kappa shape index (κ2) is 5.32. The van der Waals surface area contributed by atoms with Crippen molar-refractivity contribution in [3.63, 3.8) is 0 Å². The largest absolute Gasteiger partial charge is 0.264 e. The van der Waals surface area contributed by atoms with E-state index in [0.29, 0.717) is 8.95 Å². The second-order valence-electron chi connectivity index (χ2n) is 3.45. The minimum atomic E-state index is -3.82. The lowest BCUT2D eigenvalue weighted by molar-refractivity contribution is 0.600. The fourth-order valence-electron chi connectivity index (χ4n) is 1.32. The number of nitrogens with zero attached hydrogens (tertiary/aromatic N) is 2. The van der Waals surface area contributed by atoms with Crippen LogP contribution in [0.15, 0.2) is 38.2 Å². The molecule has 2 aromatic rings. The Kier molecular flexibility index (Phi) is 3.93. The number of nitriles is 1. The molecule has 9 heteroatoms. The Hall–Kier alpha value is -1.37. The van der Waals surface area contributed by atoms with Crippen LogP contribution in [0.3, 0.4) is 0 Å². The first-order chi connectivity index (χ1) is 8.94. The average Bonchev–Trinajstić information content (AvgIpc) is 2.78. The number of anilines is 1. The van der Waals surface area contributed by atoms with Gasteiger partial charge in [-0.3, -0.25) is 9.82 Å². The minimum absolute atomic E-state index is 0.0365. The molecule has 0 saturated heterocycles. The molecule has 0 aliphatic heterocycles. The third-order valence-corrected chi connectivity index (χ3v) is 5.02. The summed E-state index contributed by atoms with van der Waals surface area (Å²) in [5.41, 5.74) is 0.120. The van der Waals surface area contributed by atoms with Gasteiger partial charge in [0.1, 0.15) is 16.5 Å². The summed E-state index contributed by atoms with van der Waals surface area (Å²) in [6.45, 7) is 0. The number of hydrogen-bond acceptors (Lipinski definition) is 4. The van der Waals surface area contributed by atoms with Crippen molar-refractivity contribution < 1.29 is 8.42 Å². The van der Waals surface area contributed by atoms with Gasteiger partial charge < -0.3 is 0 Å². The molecule has 0 aliphatic carbocycles. The third-order valence-electron chi connectivity index (χ3n) is 2.18. The molecule has 0 bridgehead atoms. The van der Waals surface area contributed by atoms with Crippen molar-refractivity contribution in [2.45, 2.75) is 4.90 Å². The molecule has 0 spiro atoms. The van der Waals surface area contributed by atoms with Crippen LogP contribution in [-0.4, -0.2) is 18.6 Å². The Bertz CT molecular complexity index is 764. The first-order valence-electron chi connectivity index (χ1n) is 4.85. The summed E-state index contributed by atoms with van der Waals surface area (Å²) >= 11 is 6.38. The second-order valence-corrected chi connectivity index (χ2v) is 6.87. The van der Waals surface area contributed by atoms with Gasteiger partial charge in [0.2, 0.25) is 0 Å². The van der Waals surface area contributed by atoms with E-state index in [1.165, 1.54) is 12.3 Å². The smallest absolute Gasteiger partial charge is 0.263 e. The summed E-state index contributed by atoms with van der Waals surface area (Å²) in [6.07, 6.45) is 1.24. The zero-order valence-electron chi connectivity index (χ0n) is 9.18. The molecule has 2 N–H and O–H groups in total. The van der Waals surface area contributed by atoms with Crippen LogP contribution in [0.25, 0.3) is 0 Å². The van der Waals surface area contributed by atoms with E-state index in [1.807, 2.05) is 6.07 Å². The molecule has 0 radical (unpaired) electrons. The van der Waals surface area contributed by atoms with E-state index in [1.54, 1.807) is 12.1 Å². The van der Waals surface area contributed by atoms with E-state index in [0.717, 1.165) is 0 Å². The van der Waals surface area contributed by atoms with Gasteiger partial charge in [0, 0.05) is 8.95 Å². The molecule has 19 heavy (non-hydrogen) atoms. The van der Waals surface area contributed by atoms with Gasteiger partial charge in [-0.2, -0.15) is 10.4 Å². The lowest BCUT2D eigenvalue weighted by Gasteiger charge is -2.08. The van der Waals surface area contributed by atoms with Crippen molar-refractivity contribution in [1.29, 1.82) is 5.26 Å². The lowest BCUT2D eigenvalue weighted by atomic mass is 10.4. The predicted octanol–water partition coefficient (Wildman–Crippen LogP) is 2.61. The summed E-state index contributed by atoms with van der Waals surface area (Å²) in [6, 6.07) is 6.60. The van der Waals surface area contributed by atoms with Gasteiger partial charge in [-0.1, -0.05) is 15.9 Å². The molecule has 0 amide bonds. The fourth-order valence-corrected chi connectivity index (χ4v) is 3.86. The summed E-state index contributed by atoms with van der Waals surface area (Å²) in [5, 5.41) is 14.9. The number of benzene rings is 1. The van der Waals surface area contributed by atoms with Crippen LogP contribution in [0.4, 0.5) is 5.82 Å². The van der Waals surface area contributed by atoms with Gasteiger partial charge in [0.25, 0.3) is 10.0 Å². The van der Waals surface area contributed by atoms with Gasteiger partial charge >= 0.3 is 0 Å². The Morgan fingerprint density at radius 3 is 2.79 bits per heavy atom. The van der Waals surface area contributed by atoms with E-state index in [4.69, 9.17) is 5.26 Å². The van der Waals surface area contributed by atoms with Crippen LogP contribution in [0.5, 0.6) is 0 Å². The molecular formula is C10H6Br2N4O2S. The predicted molar refractivity (Wildman–Crippen MR) is 76.0 cm³/mol. The number of sulfonamides is 1. The SMILES string of the molecule is N#Cc1cn[nH]c1NS(=O)(=O)c1cc(Br)ccc1Br. The Labute approximate surface area is 126 Å². The Morgan fingerprint density at radius 1 is 1.37 bits per heavy atom. The van der Waals surface area contributed by atoms with E-state index >= 15 is 0 Å². The van der Waals surface area contributed by atoms with Crippen LogP contribution in [-0.2, 0) is 10.0 Å². The van der Waals surface area contributed by atoms with Crippen LogP contribution >= 0.6 is 31.9 Å². The number of nitrogens with one attached hydrogen (secondary N) is 2. The molecule has 1 aromatic heterocycles. The zero-order valence-corrected chi connectivity index (χ0v) is 13.2. The number of halogens is 2. The molecule has 2 rings (SSSR count). The van der Waals surface area contributed by atoms with Crippen molar-refractivity contribution in [3.05, 3.63) is 38.9 Å². The molecule has 0 atom stereocenters. The zero-order chi connectivity index (χ0) is 14.0. The highest BCUT2D eigenvalue weighted by Crippen LogP contribution is 2.27. The van der Waals surface area contributed by atoms with Crippen LogP contribution in [0.2, 0.25) is 0 Å². The lowest BCUT2D eigenvalue weighted by Crippen LogP contribution is -2.14. The molecule has 98 valence electrons. The number of aromatic nitrogens is 2. The van der Waals surface area contributed by atoms with Gasteiger partial charge in [0.15, 0.2) is 5.82 Å². The highest BCUT2D eigenvalue weighted by Gasteiger charge is 2.20. The van der Waals surface area contributed by atoms with Crippen LogP contribution < -0.4 is 4.72 Å². The molecule has 0 saturated carbocycles. The van der Waals surface area contributed by atoms with Crippen LogP contribution in [0.1, 0.15) is 5.56 Å². The number of H-pyrrole nitrogens is 1. The molecule has 0 aliphatic rings. The van der Waals surface area contributed by atoms with E-state index in [9.17, 15) is 8.42 Å². The summed E-state index contributed by atoms with van der Waals surface area (Å²) < 4.78 is 27.8. The minimum Gasteiger partial charge on any atom is -0.263 e. The van der Waals surface area contributed by atoms with Crippen molar-refractivity contribution in [3.8, 4) is 6.07 Å². The third kappa shape index (κ3) is 2.97. The summed E-state index contributed by atoms with van der Waals surface area (Å²) in [5.74, 6) is 0.0365. The first-order valence-corrected chi connectivity index (χ1v) is 7.92. The molecular weight excluding hydrogens is 400 g/mol. The molecule has 6 nitrogen and oxygen atoms in total. The summed E-state index contributed by atoms with van der Waals surface area (Å²) in [4.78, 5) is 0.0559. The maximum Gasteiger partial charge on any atom is 0.264 e. The van der Waals surface area contributed by atoms with Crippen LogP contribution in [0, 0.1) is 11.3 Å². The molecule has 1 heterocycles. The van der Waals surface area contributed by atoms with Gasteiger partial charge in [0.05, 0.1) is 6.20 Å². The normalized spacial score (nSPS) is 11.0. The maximum absolute atomic E-state index is 12.2. The van der Waals surface area contributed by atoms with Crippen molar-refractivity contribution in [1.82, 2.24) is 10.2 Å². The monoisotopic (exact) mass is 404 g/mol. The number of rotatable bonds is 3. The number of hydrogen-bond donors (Lipinski definition) is 2. The first kappa shape index (κ1) is 14.0. The Morgan fingerprint density at radius 2 is 2.11 bits per heavy atom. The van der Waals surface area contributed by atoms with E-state index in [2.05, 4.69) is 46.8 Å². The highest BCUT2D eigenvalue weighted by molar-refractivity contribution is 9.11. The molecule has 0 unspecified atom stereocenters. The van der Waals surface area contributed by atoms with Crippen molar-refractivity contribution in [2.75, 3.05) is 4.72 Å². The fraction of sp³-hybridized carbons (Fsp3) is 0. The highest BCUT2D eigenvalue weighted by atomic mass is 79.9. The van der Waals surface area contributed by atoms with Gasteiger partial charge in [-0.05, 0) is 34.1 Å². The molecule has 0 fully saturated rings. The van der Waals surface area contributed by atoms with Gasteiger partial charge in [-0.15, -0.1) is 0 Å². The number of aromatic amines is 1. The van der Waals surface area contributed by atoms with Crippen molar-refractivity contribution >= 4 is 47.7 Å². The van der Waals surface area contributed by atoms with E-state index < -0.39 is 10.0 Å². The van der Waals surface area contributed by atoms with E-state index in [-0.39, 0.29) is 16.3 Å². The molecule has 1 aromatic carbocycles. The maximum atomic E-state index is 12.2. The quantitative estimate of drug-likeness (QED) is 0.819. The van der Waals surface area contributed by atoms with Crippen molar-refractivity contribution in [2.24, 2.45) is 0 Å². The van der Waals surface area contributed by atoms with Gasteiger partial charge in [-0.25, -0.2) is 8.42 Å². The topological polar surface area (TPSA) is 98.6 Å². The Balaban J connectivity index is 2.44.